The van der Waals surface area contributed by atoms with E-state index in [9.17, 15) is 43.2 Å². The second-order valence-corrected chi connectivity index (χ2v) is 29.9. The predicted molar refractivity (Wildman–Crippen MR) is 418 cm³/mol. The van der Waals surface area contributed by atoms with Crippen LogP contribution in [0.4, 0.5) is 0 Å². The van der Waals surface area contributed by atoms with Gasteiger partial charge in [0.25, 0.3) is 0 Å². The average molecular weight is 1480 g/mol. The molecule has 0 saturated heterocycles. The van der Waals surface area contributed by atoms with Crippen LogP contribution in [-0.4, -0.2) is 96.7 Å². The van der Waals surface area contributed by atoms with E-state index in [1.165, 1.54) is 77.0 Å². The highest BCUT2D eigenvalue weighted by atomic mass is 31.2. The minimum absolute atomic E-state index is 0.0767. The topological polar surface area (TPSA) is 237 Å². The number of carbonyl (C=O) groups excluding carboxylic acids is 4. The normalized spacial score (nSPS) is 14.4. The summed E-state index contributed by atoms with van der Waals surface area (Å²) in [5.41, 5.74) is 0. The van der Waals surface area contributed by atoms with Crippen molar-refractivity contribution in [2.75, 3.05) is 39.6 Å². The van der Waals surface area contributed by atoms with Crippen molar-refractivity contribution in [3.05, 3.63) is 97.2 Å². The molecule has 0 aliphatic heterocycles. The van der Waals surface area contributed by atoms with E-state index in [2.05, 4.69) is 125 Å². The molecule has 0 aromatic rings. The van der Waals surface area contributed by atoms with Crippen LogP contribution in [0.15, 0.2) is 97.2 Å². The molecule has 102 heavy (non-hydrogen) atoms. The van der Waals surface area contributed by atoms with Crippen molar-refractivity contribution in [1.29, 1.82) is 0 Å². The lowest BCUT2D eigenvalue weighted by atomic mass is 10.1. The number of hydrogen-bond acceptors (Lipinski definition) is 15. The Morgan fingerprint density at radius 2 is 0.510 bits per heavy atom. The molecule has 0 spiro atoms. The highest BCUT2D eigenvalue weighted by molar-refractivity contribution is 7.47. The number of unbranched alkanes of at least 4 members (excludes halogenated alkanes) is 34. The van der Waals surface area contributed by atoms with Crippen LogP contribution in [0.1, 0.15) is 349 Å². The maximum atomic E-state index is 13.1. The number of esters is 4. The molecule has 3 N–H and O–H groups in total. The van der Waals surface area contributed by atoms with Crippen molar-refractivity contribution in [3.8, 4) is 0 Å². The van der Waals surface area contributed by atoms with Crippen LogP contribution >= 0.6 is 15.6 Å². The Morgan fingerprint density at radius 1 is 0.284 bits per heavy atom. The molecule has 0 saturated carbocycles. The molecule has 0 radical (unpaired) electrons. The molecule has 0 aromatic heterocycles. The highest BCUT2D eigenvalue weighted by Crippen LogP contribution is 2.45. The summed E-state index contributed by atoms with van der Waals surface area (Å²) in [5, 5.41) is 10.6. The van der Waals surface area contributed by atoms with Crippen LogP contribution in [0.5, 0.6) is 0 Å². The summed E-state index contributed by atoms with van der Waals surface area (Å²) in [6.45, 7) is 4.71. The van der Waals surface area contributed by atoms with Gasteiger partial charge in [0.15, 0.2) is 12.2 Å². The monoisotopic (exact) mass is 1480 g/mol. The molecule has 0 heterocycles. The lowest BCUT2D eigenvalue weighted by molar-refractivity contribution is -0.161. The summed E-state index contributed by atoms with van der Waals surface area (Å²) in [7, 11) is -9.96. The summed E-state index contributed by atoms with van der Waals surface area (Å²) in [5.74, 6) is -2.19. The molecule has 0 aromatic carbocycles. The van der Waals surface area contributed by atoms with E-state index < -0.39 is 97.5 Å². The van der Waals surface area contributed by atoms with Gasteiger partial charge in [-0.3, -0.25) is 37.3 Å². The fourth-order valence-electron chi connectivity index (χ4n) is 10.9. The van der Waals surface area contributed by atoms with Gasteiger partial charge in [0.1, 0.15) is 19.3 Å². The minimum Gasteiger partial charge on any atom is -0.462 e. The second kappa shape index (κ2) is 75.2. The van der Waals surface area contributed by atoms with Crippen molar-refractivity contribution < 1.29 is 80.2 Å². The summed E-state index contributed by atoms with van der Waals surface area (Å²) in [6.07, 6.45) is 79.5. The lowest BCUT2D eigenvalue weighted by Crippen LogP contribution is -2.30. The van der Waals surface area contributed by atoms with E-state index in [1.54, 1.807) is 0 Å². The number of phosphoric acid groups is 2. The van der Waals surface area contributed by atoms with Gasteiger partial charge < -0.3 is 33.8 Å². The largest absolute Gasteiger partial charge is 0.472 e. The third-order valence-electron chi connectivity index (χ3n) is 17.0. The van der Waals surface area contributed by atoms with Gasteiger partial charge in [-0.1, -0.05) is 292 Å². The van der Waals surface area contributed by atoms with Crippen LogP contribution in [0.2, 0.25) is 0 Å². The van der Waals surface area contributed by atoms with Gasteiger partial charge in [-0.25, -0.2) is 9.13 Å². The smallest absolute Gasteiger partial charge is 0.462 e. The lowest BCUT2D eigenvalue weighted by Gasteiger charge is -2.21. The molecule has 5 atom stereocenters. The number of ether oxygens (including phenoxy) is 4. The van der Waals surface area contributed by atoms with Gasteiger partial charge in [0, 0.05) is 25.7 Å². The first-order valence-electron chi connectivity index (χ1n) is 40.5. The Morgan fingerprint density at radius 3 is 0.804 bits per heavy atom. The maximum absolute atomic E-state index is 13.1. The van der Waals surface area contributed by atoms with E-state index in [4.69, 9.17) is 37.0 Å². The molecule has 0 bridgehead atoms. The zero-order valence-corrected chi connectivity index (χ0v) is 66.3. The summed E-state index contributed by atoms with van der Waals surface area (Å²) in [6, 6.07) is 0. The van der Waals surface area contributed by atoms with Crippen molar-refractivity contribution in [1.82, 2.24) is 0 Å². The van der Waals surface area contributed by atoms with E-state index in [0.29, 0.717) is 25.7 Å². The Balaban J connectivity index is 5.33. The zero-order valence-electron chi connectivity index (χ0n) is 64.5. The number of allylic oxidation sites excluding steroid dienone is 16. The number of aliphatic hydroxyl groups excluding tert-OH is 1. The van der Waals surface area contributed by atoms with Gasteiger partial charge in [-0.2, -0.15) is 0 Å². The third-order valence-corrected chi connectivity index (χ3v) is 18.9. The molecule has 5 unspecified atom stereocenters. The summed E-state index contributed by atoms with van der Waals surface area (Å²) >= 11 is 0. The van der Waals surface area contributed by atoms with Crippen LogP contribution in [-0.2, 0) is 65.4 Å². The standard InChI is InChI=1S/C83H146O17P2/c1-5-9-13-17-21-25-29-32-35-37-38-40-43-45-49-52-56-60-64-68-81(86)94-74-79(100-83(88)70-66-62-58-54-50-46-41-34-31-27-23-19-15-11-7-3)76-98-102(91,92)96-72-77(84)71-95-101(89,90)97-75-78(99-82(87)69-65-61-57-53-47-28-24-20-16-12-8-4)73-93-80(85)67-63-59-55-51-48-44-42-39-36-33-30-26-22-18-14-10-6-2/h10,14,21-23,25-27,32-36,38,40-41,77-79,84H,5-9,11-13,15-20,24,28-31,37,39,42-76H2,1-4H3,(H,89,90)(H,91,92)/b14-10-,25-21-,26-22-,27-23-,35-32-,36-33-,40-38-,41-34-. The fourth-order valence-corrected chi connectivity index (χ4v) is 12.4. The van der Waals surface area contributed by atoms with Crippen molar-refractivity contribution in [3.63, 3.8) is 0 Å². The Kier molecular flexibility index (Phi) is 72.3. The average Bonchev–Trinajstić information content (AvgIpc) is 0.926. The number of phosphoric ester groups is 2. The molecule has 590 valence electrons. The van der Waals surface area contributed by atoms with E-state index in [0.717, 1.165) is 193 Å². The van der Waals surface area contributed by atoms with Gasteiger partial charge in [-0.15, -0.1) is 0 Å². The Labute approximate surface area is 620 Å². The first-order chi connectivity index (χ1) is 49.7. The molecular weight excluding hydrogens is 1330 g/mol. The minimum atomic E-state index is -4.98. The van der Waals surface area contributed by atoms with Gasteiger partial charge in [-0.05, 0) is 128 Å². The van der Waals surface area contributed by atoms with Crippen LogP contribution < -0.4 is 0 Å². The van der Waals surface area contributed by atoms with Crippen LogP contribution in [0.25, 0.3) is 0 Å². The predicted octanol–water partition coefficient (Wildman–Crippen LogP) is 23.6. The SMILES string of the molecule is CC/C=C\C/C=C\C/C=C\CCCCCCCCCC(=O)OCC(COP(=O)(O)OCC(O)COP(=O)(O)OCC(COC(=O)CCCCCCCC/C=C\C/C=C\C/C=C\CCCCC)OC(=O)CCCCCCC/C=C\C/C=C\CCCCC)OC(=O)CCCCCCCCCCCCC. The summed E-state index contributed by atoms with van der Waals surface area (Å²) in [4.78, 5) is 73.0. The molecule has 0 aliphatic rings. The number of rotatable bonds is 76. The van der Waals surface area contributed by atoms with E-state index in [1.807, 2.05) is 0 Å². The molecular formula is C83H146O17P2. The highest BCUT2D eigenvalue weighted by Gasteiger charge is 2.30. The van der Waals surface area contributed by atoms with E-state index in [-0.39, 0.29) is 25.7 Å². The molecule has 0 amide bonds. The molecule has 0 rings (SSSR count). The van der Waals surface area contributed by atoms with Gasteiger partial charge in [0.2, 0.25) is 0 Å². The van der Waals surface area contributed by atoms with Crippen molar-refractivity contribution in [2.24, 2.45) is 0 Å². The molecule has 19 heteroatoms. The van der Waals surface area contributed by atoms with Gasteiger partial charge in [0.05, 0.1) is 26.4 Å². The fraction of sp³-hybridized carbons (Fsp3) is 0.759. The Hall–Kier alpha value is -4.02. The Bertz CT molecular complexity index is 2310. The second-order valence-electron chi connectivity index (χ2n) is 27.0. The van der Waals surface area contributed by atoms with Gasteiger partial charge >= 0.3 is 39.5 Å². The molecule has 17 nitrogen and oxygen atoms in total. The first-order valence-corrected chi connectivity index (χ1v) is 43.5. The van der Waals surface area contributed by atoms with Crippen LogP contribution in [0, 0.1) is 0 Å². The number of hydrogen-bond donors (Lipinski definition) is 3. The maximum Gasteiger partial charge on any atom is 0.472 e. The zero-order chi connectivity index (χ0) is 74.6. The number of carbonyl (C=O) groups is 4. The summed E-state index contributed by atoms with van der Waals surface area (Å²) < 4.78 is 68.6. The van der Waals surface area contributed by atoms with Crippen molar-refractivity contribution in [2.45, 2.75) is 367 Å². The third kappa shape index (κ3) is 74.3. The molecule has 0 fully saturated rings. The molecule has 0 aliphatic carbocycles. The van der Waals surface area contributed by atoms with Crippen molar-refractivity contribution >= 4 is 39.5 Å². The first kappa shape index (κ1) is 98.0. The van der Waals surface area contributed by atoms with Crippen LogP contribution in [0.3, 0.4) is 0 Å². The van der Waals surface area contributed by atoms with E-state index >= 15 is 0 Å². The quantitative estimate of drug-likeness (QED) is 0.0169. The number of aliphatic hydroxyl groups is 1.